The van der Waals surface area contributed by atoms with E-state index in [1.165, 1.54) is 12.8 Å². The summed E-state index contributed by atoms with van der Waals surface area (Å²) in [5.41, 5.74) is 0.870. The van der Waals surface area contributed by atoms with Gasteiger partial charge in [0.25, 0.3) is 0 Å². The average molecular weight is 235 g/mol. The highest BCUT2D eigenvalue weighted by molar-refractivity contribution is 5.67. The van der Waals surface area contributed by atoms with Gasteiger partial charge in [0.2, 0.25) is 0 Å². The Kier molecular flexibility index (Phi) is 3.80. The molecule has 1 saturated heterocycles. The quantitative estimate of drug-likeness (QED) is 0.811. The molecular formula is C12H17N3O2. The molecule has 0 aromatic carbocycles. The van der Waals surface area contributed by atoms with Crippen molar-refractivity contribution in [3.8, 4) is 0 Å². The molecule has 17 heavy (non-hydrogen) atoms. The van der Waals surface area contributed by atoms with Crippen LogP contribution in [0.5, 0.6) is 0 Å². The van der Waals surface area contributed by atoms with Crippen molar-refractivity contribution >= 4 is 17.5 Å². The second kappa shape index (κ2) is 5.52. The highest BCUT2D eigenvalue weighted by atomic mass is 16.4. The lowest BCUT2D eigenvalue weighted by Gasteiger charge is -2.16. The SMILES string of the molecule is O=C(O)CCNc1ccc(N2CCCC2)nc1. The Bertz CT molecular complexity index is 372. The molecule has 1 fully saturated rings. The van der Waals surface area contributed by atoms with Crippen LogP contribution in [0.3, 0.4) is 0 Å². The first-order chi connectivity index (χ1) is 8.25. The van der Waals surface area contributed by atoms with Crippen LogP contribution in [0, 0.1) is 0 Å². The molecule has 1 aromatic rings. The smallest absolute Gasteiger partial charge is 0.305 e. The van der Waals surface area contributed by atoms with Crippen molar-refractivity contribution in [2.45, 2.75) is 19.3 Å². The molecular weight excluding hydrogens is 218 g/mol. The molecule has 2 heterocycles. The van der Waals surface area contributed by atoms with Gasteiger partial charge in [0, 0.05) is 19.6 Å². The van der Waals surface area contributed by atoms with Crippen LogP contribution >= 0.6 is 0 Å². The van der Waals surface area contributed by atoms with Crippen molar-refractivity contribution < 1.29 is 9.90 Å². The molecule has 2 N–H and O–H groups in total. The number of nitrogens with one attached hydrogen (secondary N) is 1. The van der Waals surface area contributed by atoms with Gasteiger partial charge < -0.3 is 15.3 Å². The van der Waals surface area contributed by atoms with Crippen LogP contribution in [0.25, 0.3) is 0 Å². The molecule has 1 aromatic heterocycles. The molecule has 92 valence electrons. The van der Waals surface area contributed by atoms with Crippen molar-refractivity contribution in [1.29, 1.82) is 0 Å². The number of carboxylic acids is 1. The first-order valence-corrected chi connectivity index (χ1v) is 5.92. The van der Waals surface area contributed by atoms with E-state index in [4.69, 9.17) is 5.11 Å². The first kappa shape index (κ1) is 11.7. The Morgan fingerprint density at radius 3 is 2.76 bits per heavy atom. The van der Waals surface area contributed by atoms with E-state index in [-0.39, 0.29) is 6.42 Å². The fourth-order valence-corrected chi connectivity index (χ4v) is 1.94. The topological polar surface area (TPSA) is 65.5 Å². The summed E-state index contributed by atoms with van der Waals surface area (Å²) in [6, 6.07) is 3.93. The number of aromatic nitrogens is 1. The van der Waals surface area contributed by atoms with Crippen molar-refractivity contribution in [1.82, 2.24) is 4.98 Å². The van der Waals surface area contributed by atoms with Gasteiger partial charge in [-0.2, -0.15) is 0 Å². The van der Waals surface area contributed by atoms with Gasteiger partial charge in [0.15, 0.2) is 0 Å². The van der Waals surface area contributed by atoms with Crippen LogP contribution in [0.15, 0.2) is 18.3 Å². The Morgan fingerprint density at radius 1 is 1.41 bits per heavy atom. The molecule has 0 amide bonds. The summed E-state index contributed by atoms with van der Waals surface area (Å²) in [6.07, 6.45) is 4.35. The third-order valence-corrected chi connectivity index (χ3v) is 2.85. The third-order valence-electron chi connectivity index (χ3n) is 2.85. The lowest BCUT2D eigenvalue weighted by Crippen LogP contribution is -2.18. The van der Waals surface area contributed by atoms with Gasteiger partial charge in [0.05, 0.1) is 18.3 Å². The molecule has 0 spiro atoms. The van der Waals surface area contributed by atoms with Crippen LogP contribution in [0.2, 0.25) is 0 Å². The summed E-state index contributed by atoms with van der Waals surface area (Å²) in [5.74, 6) is 0.213. The van der Waals surface area contributed by atoms with E-state index in [0.717, 1.165) is 24.6 Å². The number of nitrogens with zero attached hydrogens (tertiary/aromatic N) is 2. The van der Waals surface area contributed by atoms with Crippen LogP contribution in [-0.2, 0) is 4.79 Å². The van der Waals surface area contributed by atoms with Crippen molar-refractivity contribution in [2.75, 3.05) is 29.9 Å². The number of carboxylic acid groups (broad SMARTS) is 1. The predicted molar refractivity (Wildman–Crippen MR) is 66.4 cm³/mol. The zero-order chi connectivity index (χ0) is 12.1. The monoisotopic (exact) mass is 235 g/mol. The Balaban J connectivity index is 1.86. The molecule has 1 aliphatic rings. The van der Waals surface area contributed by atoms with Crippen molar-refractivity contribution in [3.63, 3.8) is 0 Å². The molecule has 0 atom stereocenters. The number of aliphatic carboxylic acids is 1. The normalized spacial score (nSPS) is 14.9. The zero-order valence-electron chi connectivity index (χ0n) is 9.72. The van der Waals surface area contributed by atoms with E-state index < -0.39 is 5.97 Å². The van der Waals surface area contributed by atoms with Crippen molar-refractivity contribution in [2.24, 2.45) is 0 Å². The molecule has 1 aliphatic heterocycles. The molecule has 0 aliphatic carbocycles. The second-order valence-corrected chi connectivity index (χ2v) is 4.17. The summed E-state index contributed by atoms with van der Waals surface area (Å²) >= 11 is 0. The predicted octanol–water partition coefficient (Wildman–Crippen LogP) is 1.57. The zero-order valence-corrected chi connectivity index (χ0v) is 9.72. The molecule has 0 saturated carbocycles. The van der Waals surface area contributed by atoms with Gasteiger partial charge in [-0.05, 0) is 25.0 Å². The minimum absolute atomic E-state index is 0.119. The van der Waals surface area contributed by atoms with Gasteiger partial charge in [-0.15, -0.1) is 0 Å². The lowest BCUT2D eigenvalue weighted by molar-refractivity contribution is -0.136. The highest BCUT2D eigenvalue weighted by Crippen LogP contribution is 2.18. The number of anilines is 2. The summed E-state index contributed by atoms with van der Waals surface area (Å²) in [4.78, 5) is 17.0. The van der Waals surface area contributed by atoms with Crippen molar-refractivity contribution in [3.05, 3.63) is 18.3 Å². The summed E-state index contributed by atoms with van der Waals surface area (Å²) in [7, 11) is 0. The number of hydrogen-bond acceptors (Lipinski definition) is 4. The number of carbonyl (C=O) groups is 1. The molecule has 5 nitrogen and oxygen atoms in total. The first-order valence-electron chi connectivity index (χ1n) is 5.92. The van der Waals surface area contributed by atoms with Gasteiger partial charge in [-0.3, -0.25) is 4.79 Å². The summed E-state index contributed by atoms with van der Waals surface area (Å²) in [5, 5.41) is 11.5. The Labute approximate surface area is 100 Å². The Hall–Kier alpha value is -1.78. The highest BCUT2D eigenvalue weighted by Gasteiger charge is 2.12. The van der Waals surface area contributed by atoms with E-state index in [2.05, 4.69) is 15.2 Å². The van der Waals surface area contributed by atoms with Gasteiger partial charge in [-0.1, -0.05) is 0 Å². The van der Waals surface area contributed by atoms with E-state index in [9.17, 15) is 4.79 Å². The minimum atomic E-state index is -0.792. The standard InChI is InChI=1S/C12H17N3O2/c16-12(17)5-6-13-10-3-4-11(14-9-10)15-7-1-2-8-15/h3-4,9,13H,1-2,5-8H2,(H,16,17). The van der Waals surface area contributed by atoms with E-state index in [1.54, 1.807) is 6.20 Å². The van der Waals surface area contributed by atoms with Gasteiger partial charge in [0.1, 0.15) is 5.82 Å². The van der Waals surface area contributed by atoms with Crippen LogP contribution < -0.4 is 10.2 Å². The maximum Gasteiger partial charge on any atom is 0.305 e. The summed E-state index contributed by atoms with van der Waals surface area (Å²) < 4.78 is 0. The lowest BCUT2D eigenvalue weighted by atomic mass is 10.3. The number of rotatable bonds is 5. The number of pyridine rings is 1. The van der Waals surface area contributed by atoms with Crippen LogP contribution in [0.4, 0.5) is 11.5 Å². The molecule has 0 unspecified atom stereocenters. The minimum Gasteiger partial charge on any atom is -0.481 e. The average Bonchev–Trinajstić information content (AvgIpc) is 2.83. The maximum absolute atomic E-state index is 10.4. The number of hydrogen-bond donors (Lipinski definition) is 2. The largest absolute Gasteiger partial charge is 0.481 e. The molecule has 0 bridgehead atoms. The van der Waals surface area contributed by atoms with Crippen LogP contribution in [-0.4, -0.2) is 35.7 Å². The molecule has 2 rings (SSSR count). The second-order valence-electron chi connectivity index (χ2n) is 4.17. The maximum atomic E-state index is 10.4. The molecule has 0 radical (unpaired) electrons. The van der Waals surface area contributed by atoms with Gasteiger partial charge >= 0.3 is 5.97 Å². The van der Waals surface area contributed by atoms with Crippen LogP contribution in [0.1, 0.15) is 19.3 Å². The Morgan fingerprint density at radius 2 is 2.18 bits per heavy atom. The van der Waals surface area contributed by atoms with Gasteiger partial charge in [-0.25, -0.2) is 4.98 Å². The molecule has 5 heteroatoms. The van der Waals surface area contributed by atoms with E-state index >= 15 is 0 Å². The fraction of sp³-hybridized carbons (Fsp3) is 0.500. The van der Waals surface area contributed by atoms with E-state index in [0.29, 0.717) is 6.54 Å². The third kappa shape index (κ3) is 3.34. The van der Waals surface area contributed by atoms with E-state index in [1.807, 2.05) is 12.1 Å². The summed E-state index contributed by atoms with van der Waals surface area (Å²) in [6.45, 7) is 2.59. The fourth-order valence-electron chi connectivity index (χ4n) is 1.94.